The van der Waals surface area contributed by atoms with Crippen LogP contribution in [0, 0.1) is 5.41 Å². The van der Waals surface area contributed by atoms with Gasteiger partial charge in [-0.2, -0.15) is 0 Å². The molecule has 0 radical (unpaired) electrons. The molecule has 2 aromatic rings. The smallest absolute Gasteiger partial charge is 0.333 e. The van der Waals surface area contributed by atoms with E-state index < -0.39 is 57.8 Å². The standard InChI is InChI=1S/C27H30N6O7/c1-28-10-11-33-17-8-6-15(7-9-18(34)20-21(35)29(2)25(39)30(3)22(20)36)12-16(17)13-27(19(33)14-28)23(37)31(4)26(40)32(5)24(27)38/h6-9,12,19,35H,10-11,13-14H2,1-5H3. The first-order valence-electron chi connectivity index (χ1n) is 12.7. The number of aromatic hydroxyl groups is 1. The molecular weight excluding hydrogens is 520 g/mol. The van der Waals surface area contributed by atoms with Crippen molar-refractivity contribution < 1.29 is 24.3 Å². The highest BCUT2D eigenvalue weighted by Gasteiger charge is 2.63. The summed E-state index contributed by atoms with van der Waals surface area (Å²) in [6, 6.07) is 4.25. The van der Waals surface area contributed by atoms with Crippen LogP contribution in [0.5, 0.6) is 5.88 Å². The van der Waals surface area contributed by atoms with E-state index in [0.29, 0.717) is 30.8 Å². The second-order valence-electron chi connectivity index (χ2n) is 10.6. The molecule has 4 heterocycles. The zero-order valence-electron chi connectivity index (χ0n) is 22.9. The van der Waals surface area contributed by atoms with Crippen molar-refractivity contribution in [1.29, 1.82) is 0 Å². The minimum atomic E-state index is -1.51. The molecule has 0 bridgehead atoms. The molecule has 3 aliphatic rings. The number of aromatic nitrogens is 2. The maximum absolute atomic E-state index is 13.7. The van der Waals surface area contributed by atoms with E-state index in [4.69, 9.17) is 0 Å². The normalized spacial score (nSPS) is 20.9. The fraction of sp³-hybridized carbons (Fsp3) is 0.407. The summed E-state index contributed by atoms with van der Waals surface area (Å²) in [5.74, 6) is -2.61. The van der Waals surface area contributed by atoms with Gasteiger partial charge in [-0.15, -0.1) is 0 Å². The van der Waals surface area contributed by atoms with Crippen molar-refractivity contribution in [1.82, 2.24) is 23.8 Å². The first-order chi connectivity index (χ1) is 18.8. The van der Waals surface area contributed by atoms with Crippen molar-refractivity contribution in [3.63, 3.8) is 0 Å². The van der Waals surface area contributed by atoms with Gasteiger partial charge in [0, 0.05) is 53.5 Å². The molecule has 210 valence electrons. The molecule has 1 spiro atoms. The third-order valence-electron chi connectivity index (χ3n) is 8.29. The number of imide groups is 2. The Morgan fingerprint density at radius 1 is 0.950 bits per heavy atom. The number of anilines is 1. The van der Waals surface area contributed by atoms with E-state index in [2.05, 4.69) is 9.80 Å². The molecule has 1 N–H and O–H groups in total. The number of allylic oxidation sites excluding steroid dienone is 1. The van der Waals surface area contributed by atoms with E-state index in [9.17, 15) is 33.9 Å². The molecule has 2 saturated heterocycles. The highest BCUT2D eigenvalue weighted by molar-refractivity contribution is 6.20. The number of amides is 4. The molecule has 3 aliphatic heterocycles. The van der Waals surface area contributed by atoms with Gasteiger partial charge < -0.3 is 14.9 Å². The summed E-state index contributed by atoms with van der Waals surface area (Å²) in [4.78, 5) is 83.5. The number of urea groups is 1. The van der Waals surface area contributed by atoms with Gasteiger partial charge in [0.2, 0.25) is 17.7 Å². The molecule has 13 heteroatoms. The fourth-order valence-electron chi connectivity index (χ4n) is 6.01. The van der Waals surface area contributed by atoms with E-state index in [-0.39, 0.29) is 6.42 Å². The maximum atomic E-state index is 13.7. The Morgan fingerprint density at radius 3 is 2.25 bits per heavy atom. The lowest BCUT2D eigenvalue weighted by molar-refractivity contribution is -0.160. The Kier molecular flexibility index (Phi) is 6.29. The summed E-state index contributed by atoms with van der Waals surface area (Å²) in [6.45, 7) is 1.75. The summed E-state index contributed by atoms with van der Waals surface area (Å²) >= 11 is 0. The average molecular weight is 551 g/mol. The lowest BCUT2D eigenvalue weighted by Crippen LogP contribution is -2.74. The summed E-state index contributed by atoms with van der Waals surface area (Å²) in [5, 5.41) is 10.3. The van der Waals surface area contributed by atoms with Crippen LogP contribution in [0.2, 0.25) is 0 Å². The molecule has 1 unspecified atom stereocenters. The Balaban J connectivity index is 1.56. The summed E-state index contributed by atoms with van der Waals surface area (Å²) in [5.41, 5.74) is -1.60. The quantitative estimate of drug-likeness (QED) is 0.301. The molecule has 1 atom stereocenters. The van der Waals surface area contributed by atoms with E-state index >= 15 is 0 Å². The van der Waals surface area contributed by atoms with Crippen molar-refractivity contribution in [2.24, 2.45) is 19.5 Å². The van der Waals surface area contributed by atoms with E-state index in [1.54, 1.807) is 12.1 Å². The number of carbonyl (C=O) groups is 4. The minimum absolute atomic E-state index is 0.0642. The Hall–Kier alpha value is -4.52. The van der Waals surface area contributed by atoms with Crippen LogP contribution in [-0.2, 0) is 30.1 Å². The molecule has 1 aromatic heterocycles. The van der Waals surface area contributed by atoms with E-state index in [1.165, 1.54) is 34.3 Å². The highest BCUT2D eigenvalue weighted by atomic mass is 16.3. The molecule has 4 amide bonds. The molecule has 1 aromatic carbocycles. The largest absolute Gasteiger partial charge is 0.494 e. The molecular formula is C27H30N6O7. The third kappa shape index (κ3) is 3.72. The number of piperazine rings is 1. The number of benzene rings is 1. The van der Waals surface area contributed by atoms with Gasteiger partial charge in [-0.25, -0.2) is 9.59 Å². The predicted octanol–water partition coefficient (Wildman–Crippen LogP) is -0.601. The summed E-state index contributed by atoms with van der Waals surface area (Å²) < 4.78 is 1.55. The number of hydrogen-bond acceptors (Lipinski definition) is 9. The number of fused-ring (bicyclic) bond motifs is 4. The van der Waals surface area contributed by atoms with Crippen LogP contribution in [0.1, 0.15) is 21.5 Å². The number of rotatable bonds is 3. The number of nitrogens with zero attached hydrogens (tertiary/aromatic N) is 6. The van der Waals surface area contributed by atoms with Crippen molar-refractivity contribution in [3.05, 3.63) is 61.8 Å². The van der Waals surface area contributed by atoms with Crippen LogP contribution in [0.15, 0.2) is 33.9 Å². The Bertz CT molecular complexity index is 1610. The Morgan fingerprint density at radius 2 is 1.60 bits per heavy atom. The molecule has 0 aliphatic carbocycles. The van der Waals surface area contributed by atoms with Gasteiger partial charge in [0.1, 0.15) is 5.56 Å². The fourth-order valence-corrected chi connectivity index (χ4v) is 6.01. The molecule has 13 nitrogen and oxygen atoms in total. The molecule has 5 rings (SSSR count). The van der Waals surface area contributed by atoms with Gasteiger partial charge in [-0.1, -0.05) is 12.1 Å². The highest BCUT2D eigenvalue weighted by Crippen LogP contribution is 2.46. The van der Waals surface area contributed by atoms with Gasteiger partial charge in [-0.05, 0) is 42.8 Å². The van der Waals surface area contributed by atoms with Crippen LogP contribution >= 0.6 is 0 Å². The Labute approximate surface area is 229 Å². The van der Waals surface area contributed by atoms with Gasteiger partial charge in [0.15, 0.2) is 11.2 Å². The number of barbiturate groups is 1. The minimum Gasteiger partial charge on any atom is -0.494 e. The molecule has 40 heavy (non-hydrogen) atoms. The van der Waals surface area contributed by atoms with Gasteiger partial charge in [0.25, 0.3) is 5.56 Å². The summed E-state index contributed by atoms with van der Waals surface area (Å²) in [7, 11) is 7.15. The lowest BCUT2D eigenvalue weighted by Gasteiger charge is -2.55. The summed E-state index contributed by atoms with van der Waals surface area (Å²) in [6.07, 6.45) is 2.65. The number of carbonyl (C=O) groups excluding carboxylic acids is 4. The number of hydrogen-bond donors (Lipinski definition) is 1. The van der Waals surface area contributed by atoms with Crippen LogP contribution in [0.4, 0.5) is 10.5 Å². The molecule has 0 saturated carbocycles. The monoisotopic (exact) mass is 550 g/mol. The number of ketones is 1. The first-order valence-corrected chi connectivity index (χ1v) is 12.7. The van der Waals surface area contributed by atoms with Crippen molar-refractivity contribution in [2.75, 3.05) is 45.7 Å². The topological polar surface area (TPSA) is 145 Å². The number of likely N-dealkylation sites (N-methyl/N-ethyl adjacent to an activating group) is 1. The van der Waals surface area contributed by atoms with Crippen molar-refractivity contribution in [3.8, 4) is 5.88 Å². The van der Waals surface area contributed by atoms with Gasteiger partial charge >= 0.3 is 11.7 Å². The molecule has 2 fully saturated rings. The van der Waals surface area contributed by atoms with Gasteiger partial charge in [-0.3, -0.25) is 38.1 Å². The van der Waals surface area contributed by atoms with Crippen LogP contribution < -0.4 is 16.1 Å². The van der Waals surface area contributed by atoms with Crippen molar-refractivity contribution >= 4 is 35.4 Å². The second kappa shape index (κ2) is 9.30. The first kappa shape index (κ1) is 27.1. The van der Waals surface area contributed by atoms with E-state index in [1.807, 2.05) is 13.1 Å². The van der Waals surface area contributed by atoms with Crippen LogP contribution in [0.25, 0.3) is 6.08 Å². The zero-order chi connectivity index (χ0) is 29.3. The van der Waals surface area contributed by atoms with Crippen LogP contribution in [0.3, 0.4) is 0 Å². The lowest BCUT2D eigenvalue weighted by atomic mass is 9.67. The zero-order valence-corrected chi connectivity index (χ0v) is 22.9. The maximum Gasteiger partial charge on any atom is 0.333 e. The van der Waals surface area contributed by atoms with Crippen LogP contribution in [-0.4, -0.2) is 99.4 Å². The second-order valence-corrected chi connectivity index (χ2v) is 10.6. The van der Waals surface area contributed by atoms with E-state index in [0.717, 1.165) is 30.7 Å². The van der Waals surface area contributed by atoms with Gasteiger partial charge in [0.05, 0.1) is 6.04 Å². The predicted molar refractivity (Wildman–Crippen MR) is 144 cm³/mol. The third-order valence-corrected chi connectivity index (χ3v) is 8.29. The average Bonchev–Trinajstić information content (AvgIpc) is 2.94. The SMILES string of the molecule is CN1CCN2c3ccc(C=CC(=O)c4c(O)n(C)c(=O)n(C)c4=O)cc3CC3(C(=O)N(C)C(=O)N(C)C3=O)C2C1. The van der Waals surface area contributed by atoms with Crippen molar-refractivity contribution in [2.45, 2.75) is 12.5 Å².